The molecule has 1 atom stereocenters. The van der Waals surface area contributed by atoms with Gasteiger partial charge in [-0.3, -0.25) is 29.8 Å². The lowest BCUT2D eigenvalue weighted by Crippen LogP contribution is -2.27. The lowest BCUT2D eigenvalue weighted by molar-refractivity contribution is -0.128. The zero-order valence-electron chi connectivity index (χ0n) is 7.36. The average Bonchev–Trinajstić information content (AvgIpc) is 2.56. The summed E-state index contributed by atoms with van der Waals surface area (Å²) >= 11 is 0. The zero-order chi connectivity index (χ0) is 11.2. The van der Waals surface area contributed by atoms with E-state index < -0.39 is 35.3 Å². The first-order valence-corrected chi connectivity index (χ1v) is 4.13. The summed E-state index contributed by atoms with van der Waals surface area (Å²) in [5, 5.41) is 13.1. The predicted octanol–water partition coefficient (Wildman–Crippen LogP) is -1.88. The summed E-state index contributed by atoms with van der Waals surface area (Å²) in [4.78, 5) is 44.1. The Hall–Kier alpha value is -2.18. The van der Waals surface area contributed by atoms with E-state index in [0.29, 0.717) is 0 Å². The molecule has 1 unspecified atom stereocenters. The lowest BCUT2D eigenvalue weighted by Gasteiger charge is -2.03. The molecule has 7 nitrogen and oxygen atoms in total. The smallest absolute Gasteiger partial charge is 0.293 e. The fourth-order valence-electron chi connectivity index (χ4n) is 1.57. The molecule has 0 aromatic heterocycles. The summed E-state index contributed by atoms with van der Waals surface area (Å²) in [6.45, 7) is 0. The van der Waals surface area contributed by atoms with E-state index in [4.69, 9.17) is 0 Å². The van der Waals surface area contributed by atoms with Gasteiger partial charge in [-0.1, -0.05) is 0 Å². The Morgan fingerprint density at radius 3 is 2.13 bits per heavy atom. The maximum atomic E-state index is 11.2. The number of aliphatic hydroxyl groups excluding tert-OH is 1. The molecule has 0 aromatic rings. The second-order valence-corrected chi connectivity index (χ2v) is 3.21. The molecule has 1 fully saturated rings. The van der Waals surface area contributed by atoms with E-state index in [1.165, 1.54) is 0 Å². The van der Waals surface area contributed by atoms with E-state index in [0.717, 1.165) is 0 Å². The van der Waals surface area contributed by atoms with Gasteiger partial charge >= 0.3 is 0 Å². The quantitative estimate of drug-likeness (QED) is 0.438. The van der Waals surface area contributed by atoms with Crippen LogP contribution in [0.4, 0.5) is 0 Å². The van der Waals surface area contributed by atoms with Crippen molar-refractivity contribution >= 4 is 23.6 Å². The van der Waals surface area contributed by atoms with Gasteiger partial charge in [0.25, 0.3) is 11.8 Å². The van der Waals surface area contributed by atoms with Crippen molar-refractivity contribution in [3.63, 3.8) is 0 Å². The molecule has 1 saturated heterocycles. The van der Waals surface area contributed by atoms with Gasteiger partial charge in [0, 0.05) is 6.42 Å². The van der Waals surface area contributed by atoms with E-state index in [9.17, 15) is 24.3 Å². The second-order valence-electron chi connectivity index (χ2n) is 3.21. The Kier molecular flexibility index (Phi) is 1.82. The highest BCUT2D eigenvalue weighted by atomic mass is 16.3. The first-order valence-electron chi connectivity index (χ1n) is 4.13. The molecule has 2 rings (SSSR count). The largest absolute Gasteiger partial charge is 0.503 e. The van der Waals surface area contributed by atoms with Gasteiger partial charge in [-0.05, 0) is 0 Å². The highest BCUT2D eigenvalue weighted by Gasteiger charge is 2.43. The predicted molar refractivity (Wildman–Crippen MR) is 44.1 cm³/mol. The number of nitrogens with one attached hydrogen (secondary N) is 2. The summed E-state index contributed by atoms with van der Waals surface area (Å²) in [5.74, 6) is -4.82. The molecule has 0 spiro atoms. The summed E-state index contributed by atoms with van der Waals surface area (Å²) < 4.78 is 0. The van der Waals surface area contributed by atoms with E-state index in [1.807, 2.05) is 10.6 Å². The van der Waals surface area contributed by atoms with Crippen molar-refractivity contribution in [1.29, 1.82) is 0 Å². The number of imide groups is 2. The van der Waals surface area contributed by atoms with Crippen molar-refractivity contribution in [3.8, 4) is 0 Å². The van der Waals surface area contributed by atoms with Gasteiger partial charge in [-0.15, -0.1) is 0 Å². The number of carbonyl (C=O) groups excluding carboxylic acids is 4. The fourth-order valence-corrected chi connectivity index (χ4v) is 1.57. The van der Waals surface area contributed by atoms with Crippen molar-refractivity contribution in [1.82, 2.24) is 10.6 Å². The number of rotatable bonds is 1. The third kappa shape index (κ3) is 1.28. The van der Waals surface area contributed by atoms with Crippen LogP contribution >= 0.6 is 0 Å². The Morgan fingerprint density at radius 2 is 1.73 bits per heavy atom. The first kappa shape index (κ1) is 9.38. The maximum Gasteiger partial charge on any atom is 0.293 e. The highest BCUT2D eigenvalue weighted by molar-refractivity contribution is 6.21. The Bertz CT molecular complexity index is 436. The third-order valence-electron chi connectivity index (χ3n) is 2.26. The minimum absolute atomic E-state index is 0.223. The van der Waals surface area contributed by atoms with Crippen LogP contribution in [0.15, 0.2) is 11.3 Å². The third-order valence-corrected chi connectivity index (χ3v) is 2.26. The molecule has 2 aliphatic rings. The van der Waals surface area contributed by atoms with E-state index in [-0.39, 0.29) is 12.0 Å². The molecular formula is C8H6N2O5. The number of carbonyl (C=O) groups is 4. The molecular weight excluding hydrogens is 204 g/mol. The zero-order valence-corrected chi connectivity index (χ0v) is 7.36. The van der Waals surface area contributed by atoms with Crippen LogP contribution in [0.1, 0.15) is 6.42 Å². The summed E-state index contributed by atoms with van der Waals surface area (Å²) in [6, 6.07) is 0. The highest BCUT2D eigenvalue weighted by Crippen LogP contribution is 2.25. The molecule has 3 N–H and O–H groups in total. The first-order chi connectivity index (χ1) is 7.00. The van der Waals surface area contributed by atoms with Gasteiger partial charge in [0.1, 0.15) is 0 Å². The van der Waals surface area contributed by atoms with Crippen molar-refractivity contribution in [3.05, 3.63) is 11.3 Å². The Morgan fingerprint density at radius 1 is 1.07 bits per heavy atom. The molecule has 78 valence electrons. The summed E-state index contributed by atoms with van der Waals surface area (Å²) in [5.41, 5.74) is -0.330. The lowest BCUT2D eigenvalue weighted by atomic mass is 9.97. The molecule has 4 amide bonds. The van der Waals surface area contributed by atoms with Crippen molar-refractivity contribution in [2.45, 2.75) is 6.42 Å². The molecule has 15 heavy (non-hydrogen) atoms. The topological polar surface area (TPSA) is 113 Å². The van der Waals surface area contributed by atoms with Gasteiger partial charge < -0.3 is 5.11 Å². The minimum atomic E-state index is -1.07. The van der Waals surface area contributed by atoms with Gasteiger partial charge in [0.15, 0.2) is 5.76 Å². The van der Waals surface area contributed by atoms with E-state index in [1.54, 1.807) is 0 Å². The molecule has 0 saturated carbocycles. The molecule has 0 aliphatic carbocycles. The summed E-state index contributed by atoms with van der Waals surface area (Å²) in [6.07, 6.45) is -0.223. The van der Waals surface area contributed by atoms with Crippen LogP contribution in [-0.2, 0) is 19.2 Å². The van der Waals surface area contributed by atoms with Crippen molar-refractivity contribution < 1.29 is 24.3 Å². The van der Waals surface area contributed by atoms with E-state index in [2.05, 4.69) is 0 Å². The van der Waals surface area contributed by atoms with Crippen LogP contribution < -0.4 is 10.6 Å². The molecule has 7 heteroatoms. The van der Waals surface area contributed by atoms with Crippen LogP contribution in [0, 0.1) is 5.92 Å². The van der Waals surface area contributed by atoms with Crippen LogP contribution in [0.25, 0.3) is 0 Å². The Balaban J connectivity index is 2.39. The number of hydrogen-bond donors (Lipinski definition) is 3. The summed E-state index contributed by atoms with van der Waals surface area (Å²) in [7, 11) is 0. The van der Waals surface area contributed by atoms with Gasteiger partial charge in [0.2, 0.25) is 11.8 Å². The number of hydrogen-bond acceptors (Lipinski definition) is 5. The monoisotopic (exact) mass is 210 g/mol. The average molecular weight is 210 g/mol. The molecule has 2 aliphatic heterocycles. The Labute approximate surface area is 83.1 Å². The number of aliphatic hydroxyl groups is 1. The molecule has 0 radical (unpaired) electrons. The van der Waals surface area contributed by atoms with Gasteiger partial charge in [-0.25, -0.2) is 0 Å². The molecule has 0 aromatic carbocycles. The normalized spacial score (nSPS) is 26.0. The van der Waals surface area contributed by atoms with Crippen LogP contribution in [-0.4, -0.2) is 28.7 Å². The SMILES string of the molecule is O=C1CC(C2=C(O)C(=O)NC2=O)C(=O)N1. The molecule has 0 bridgehead atoms. The fraction of sp³-hybridized carbons (Fsp3) is 0.250. The van der Waals surface area contributed by atoms with Crippen LogP contribution in [0.2, 0.25) is 0 Å². The molecule has 2 heterocycles. The van der Waals surface area contributed by atoms with Crippen LogP contribution in [0.3, 0.4) is 0 Å². The maximum absolute atomic E-state index is 11.2. The van der Waals surface area contributed by atoms with Gasteiger partial charge in [0.05, 0.1) is 11.5 Å². The minimum Gasteiger partial charge on any atom is -0.503 e. The van der Waals surface area contributed by atoms with Crippen molar-refractivity contribution in [2.75, 3.05) is 0 Å². The van der Waals surface area contributed by atoms with E-state index >= 15 is 0 Å². The number of amides is 4. The van der Waals surface area contributed by atoms with Crippen LogP contribution in [0.5, 0.6) is 0 Å². The van der Waals surface area contributed by atoms with Crippen molar-refractivity contribution in [2.24, 2.45) is 5.92 Å². The standard InChI is InChI=1S/C8H6N2O5/c11-3-1-2(6(13)9-3)4-5(12)8(15)10-7(4)14/h2H,1H2,(H,9,11,13)(H2,10,12,14,15). The van der Waals surface area contributed by atoms with Gasteiger partial charge in [-0.2, -0.15) is 0 Å². The second kappa shape index (κ2) is 2.91.